The summed E-state index contributed by atoms with van der Waals surface area (Å²) in [6.45, 7) is 1.74. The number of hydrogen-bond acceptors (Lipinski definition) is 5. The third kappa shape index (κ3) is 2.54. The van der Waals surface area contributed by atoms with Crippen molar-refractivity contribution in [2.45, 2.75) is 44.3 Å². The number of fused-ring (bicyclic) bond motifs is 1. The molecule has 5 rings (SSSR count). The molecule has 26 heavy (non-hydrogen) atoms. The molecule has 1 saturated heterocycles. The minimum atomic E-state index is 0.0265. The fourth-order valence-electron chi connectivity index (χ4n) is 4.06. The van der Waals surface area contributed by atoms with Crippen LogP contribution in [0.2, 0.25) is 0 Å². The molecule has 0 spiro atoms. The summed E-state index contributed by atoms with van der Waals surface area (Å²) in [7, 11) is 1.83. The lowest BCUT2D eigenvalue weighted by Gasteiger charge is -2.25. The highest BCUT2D eigenvalue weighted by Crippen LogP contribution is 2.37. The molecule has 0 amide bonds. The Kier molecular flexibility index (Phi) is 3.63. The highest BCUT2D eigenvalue weighted by molar-refractivity contribution is 5.77. The van der Waals surface area contributed by atoms with Crippen LogP contribution in [0.25, 0.3) is 10.9 Å². The molecule has 2 fully saturated rings. The second-order valence-corrected chi connectivity index (χ2v) is 7.37. The van der Waals surface area contributed by atoms with Gasteiger partial charge in [0, 0.05) is 13.1 Å². The summed E-state index contributed by atoms with van der Waals surface area (Å²) in [6.07, 6.45) is 6.40. The van der Waals surface area contributed by atoms with Gasteiger partial charge in [-0.1, -0.05) is 12.1 Å². The zero-order valence-corrected chi connectivity index (χ0v) is 14.9. The van der Waals surface area contributed by atoms with E-state index in [1.165, 1.54) is 12.8 Å². The van der Waals surface area contributed by atoms with Crippen molar-refractivity contribution in [3.63, 3.8) is 0 Å². The van der Waals surface area contributed by atoms with Gasteiger partial charge in [0.1, 0.15) is 18.0 Å². The molecule has 1 unspecified atom stereocenters. The van der Waals surface area contributed by atoms with Crippen LogP contribution in [0.3, 0.4) is 0 Å². The molecule has 1 aliphatic carbocycles. The first-order chi connectivity index (χ1) is 12.7. The second-order valence-electron chi connectivity index (χ2n) is 7.37. The SMILES string of the molecule is Cn1c(C2CCCN2Cc2nncn2C2CC2)nc2ccccc2c1=O. The van der Waals surface area contributed by atoms with E-state index in [-0.39, 0.29) is 11.6 Å². The predicted molar refractivity (Wildman–Crippen MR) is 97.7 cm³/mol. The summed E-state index contributed by atoms with van der Waals surface area (Å²) >= 11 is 0. The Hall–Kier alpha value is -2.54. The molecule has 3 heterocycles. The van der Waals surface area contributed by atoms with E-state index in [9.17, 15) is 4.79 Å². The number of likely N-dealkylation sites (tertiary alicyclic amines) is 1. The van der Waals surface area contributed by atoms with E-state index < -0.39 is 0 Å². The molecule has 1 aromatic carbocycles. The summed E-state index contributed by atoms with van der Waals surface area (Å²) in [5.74, 6) is 1.87. The lowest BCUT2D eigenvalue weighted by atomic mass is 10.1. The van der Waals surface area contributed by atoms with Gasteiger partial charge in [-0.3, -0.25) is 14.3 Å². The zero-order valence-electron chi connectivity index (χ0n) is 14.9. The van der Waals surface area contributed by atoms with Crippen molar-refractivity contribution in [1.29, 1.82) is 0 Å². The molecule has 3 aromatic rings. The van der Waals surface area contributed by atoms with E-state index in [4.69, 9.17) is 4.98 Å². The maximum absolute atomic E-state index is 12.8. The van der Waals surface area contributed by atoms with Crippen LogP contribution < -0.4 is 5.56 Å². The quantitative estimate of drug-likeness (QED) is 0.721. The average molecular weight is 350 g/mol. The molecule has 7 heteroatoms. The number of aromatic nitrogens is 5. The molecular formula is C19H22N6O. The molecule has 2 aliphatic rings. The third-order valence-corrected chi connectivity index (χ3v) is 5.61. The molecule has 1 saturated carbocycles. The Balaban J connectivity index is 1.51. The maximum Gasteiger partial charge on any atom is 0.261 e. The van der Waals surface area contributed by atoms with Gasteiger partial charge in [-0.05, 0) is 44.4 Å². The van der Waals surface area contributed by atoms with Gasteiger partial charge < -0.3 is 4.57 Å². The van der Waals surface area contributed by atoms with Crippen LogP contribution in [-0.4, -0.2) is 35.8 Å². The summed E-state index contributed by atoms with van der Waals surface area (Å²) in [6, 6.07) is 8.30. The monoisotopic (exact) mass is 350 g/mol. The highest BCUT2D eigenvalue weighted by Gasteiger charge is 2.32. The van der Waals surface area contributed by atoms with Crippen LogP contribution in [0, 0.1) is 0 Å². The van der Waals surface area contributed by atoms with Crippen molar-refractivity contribution in [2.75, 3.05) is 6.54 Å². The summed E-state index contributed by atoms with van der Waals surface area (Å²) in [5, 5.41) is 9.13. The fraction of sp³-hybridized carbons (Fsp3) is 0.474. The zero-order chi connectivity index (χ0) is 17.7. The Bertz CT molecular complexity index is 1020. The van der Waals surface area contributed by atoms with Gasteiger partial charge >= 0.3 is 0 Å². The molecule has 2 aromatic heterocycles. The molecule has 1 atom stereocenters. The van der Waals surface area contributed by atoms with Crippen molar-refractivity contribution >= 4 is 10.9 Å². The van der Waals surface area contributed by atoms with Gasteiger partial charge in [0.05, 0.1) is 23.5 Å². The molecule has 7 nitrogen and oxygen atoms in total. The van der Waals surface area contributed by atoms with Crippen LogP contribution in [-0.2, 0) is 13.6 Å². The first-order valence-electron chi connectivity index (χ1n) is 9.30. The molecule has 1 aliphatic heterocycles. The van der Waals surface area contributed by atoms with Crippen molar-refractivity contribution in [1.82, 2.24) is 29.2 Å². The number of rotatable bonds is 4. The highest BCUT2D eigenvalue weighted by atomic mass is 16.1. The fourth-order valence-corrected chi connectivity index (χ4v) is 4.06. The minimum Gasteiger partial charge on any atom is -0.313 e. The van der Waals surface area contributed by atoms with E-state index in [1.54, 1.807) is 4.57 Å². The first kappa shape index (κ1) is 15.7. The summed E-state index contributed by atoms with van der Waals surface area (Å²) < 4.78 is 3.93. The van der Waals surface area contributed by atoms with E-state index in [1.807, 2.05) is 37.6 Å². The summed E-state index contributed by atoms with van der Waals surface area (Å²) in [5.41, 5.74) is 0.803. The van der Waals surface area contributed by atoms with Gasteiger partial charge in [0.2, 0.25) is 0 Å². The van der Waals surface area contributed by atoms with Gasteiger partial charge in [-0.15, -0.1) is 10.2 Å². The maximum atomic E-state index is 12.8. The number of para-hydroxylation sites is 1. The van der Waals surface area contributed by atoms with Gasteiger partial charge in [-0.25, -0.2) is 4.98 Å². The standard InChI is InChI=1S/C19H22N6O/c1-23-18(21-15-6-3-2-5-14(15)19(23)26)16-7-4-10-24(16)11-17-22-20-12-25(17)13-8-9-13/h2-3,5-6,12-13,16H,4,7-11H2,1H3. The van der Waals surface area contributed by atoms with Crippen LogP contribution in [0.5, 0.6) is 0 Å². The molecule has 134 valence electrons. The Morgan fingerprint density at radius 1 is 1.19 bits per heavy atom. The molecule has 0 radical (unpaired) electrons. The van der Waals surface area contributed by atoms with E-state index >= 15 is 0 Å². The van der Waals surface area contributed by atoms with Gasteiger partial charge in [0.15, 0.2) is 0 Å². The van der Waals surface area contributed by atoms with Crippen LogP contribution >= 0.6 is 0 Å². The summed E-state index contributed by atoms with van der Waals surface area (Å²) in [4.78, 5) is 20.0. The lowest BCUT2D eigenvalue weighted by molar-refractivity contribution is 0.226. The van der Waals surface area contributed by atoms with Crippen molar-refractivity contribution in [3.05, 3.63) is 52.6 Å². The smallest absolute Gasteiger partial charge is 0.261 e. The third-order valence-electron chi connectivity index (χ3n) is 5.61. The topological polar surface area (TPSA) is 68.8 Å². The van der Waals surface area contributed by atoms with Crippen LogP contribution in [0.4, 0.5) is 0 Å². The predicted octanol–water partition coefficient (Wildman–Crippen LogP) is 2.20. The Morgan fingerprint density at radius 2 is 2.04 bits per heavy atom. The van der Waals surface area contributed by atoms with Crippen molar-refractivity contribution in [3.8, 4) is 0 Å². The van der Waals surface area contributed by atoms with E-state index in [0.29, 0.717) is 11.4 Å². The molecular weight excluding hydrogens is 328 g/mol. The lowest BCUT2D eigenvalue weighted by Crippen LogP contribution is -2.31. The Labute approximate surface area is 151 Å². The van der Waals surface area contributed by atoms with Crippen LogP contribution in [0.1, 0.15) is 49.4 Å². The largest absolute Gasteiger partial charge is 0.313 e. The second kappa shape index (κ2) is 6.02. The first-order valence-corrected chi connectivity index (χ1v) is 9.30. The van der Waals surface area contributed by atoms with Gasteiger partial charge in [0.25, 0.3) is 5.56 Å². The van der Waals surface area contributed by atoms with Gasteiger partial charge in [-0.2, -0.15) is 0 Å². The number of nitrogens with zero attached hydrogens (tertiary/aromatic N) is 6. The average Bonchev–Trinajstić information content (AvgIpc) is 3.22. The molecule has 0 N–H and O–H groups in total. The van der Waals surface area contributed by atoms with Crippen molar-refractivity contribution < 1.29 is 0 Å². The minimum absolute atomic E-state index is 0.0265. The van der Waals surface area contributed by atoms with Crippen LogP contribution in [0.15, 0.2) is 35.4 Å². The van der Waals surface area contributed by atoms with Crippen molar-refractivity contribution in [2.24, 2.45) is 7.05 Å². The van der Waals surface area contributed by atoms with E-state index in [0.717, 1.165) is 43.1 Å². The molecule has 0 bridgehead atoms. The number of benzene rings is 1. The Morgan fingerprint density at radius 3 is 2.88 bits per heavy atom. The number of hydrogen-bond donors (Lipinski definition) is 0. The van der Waals surface area contributed by atoms with E-state index in [2.05, 4.69) is 19.7 Å². The normalized spacial score (nSPS) is 20.9.